The molecule has 0 atom stereocenters. The molecule has 0 radical (unpaired) electrons. The van der Waals surface area contributed by atoms with Crippen LogP contribution in [0.15, 0.2) is 102 Å². The number of rotatable bonds is 10. The smallest absolute Gasteiger partial charge is 0.343 e. The molecule has 0 spiro atoms. The van der Waals surface area contributed by atoms with Crippen molar-refractivity contribution in [3.63, 3.8) is 0 Å². The van der Waals surface area contributed by atoms with Crippen LogP contribution in [0.25, 0.3) is 0 Å². The highest BCUT2D eigenvalue weighted by molar-refractivity contribution is 14.1. The van der Waals surface area contributed by atoms with Crippen molar-refractivity contribution in [1.82, 2.24) is 5.43 Å². The third-order valence-electron chi connectivity index (χ3n) is 5.94. The Morgan fingerprint density at radius 3 is 2.10 bits per heavy atom. The molecule has 0 unspecified atom stereocenters. The molecule has 0 fully saturated rings. The van der Waals surface area contributed by atoms with Crippen LogP contribution in [0.2, 0.25) is 0 Å². The van der Waals surface area contributed by atoms with Gasteiger partial charge >= 0.3 is 5.97 Å². The van der Waals surface area contributed by atoms with Crippen molar-refractivity contribution in [2.45, 2.75) is 12.5 Å². The van der Waals surface area contributed by atoms with Crippen molar-refractivity contribution < 1.29 is 28.9 Å². The fourth-order valence-electron chi connectivity index (χ4n) is 3.94. The lowest BCUT2D eigenvalue weighted by Crippen LogP contribution is -2.43. The molecule has 0 aliphatic heterocycles. The lowest BCUT2D eigenvalue weighted by atomic mass is 9.85. The summed E-state index contributed by atoms with van der Waals surface area (Å²) in [6.07, 6.45) is 1.42. The van der Waals surface area contributed by atoms with Gasteiger partial charge in [0.1, 0.15) is 5.75 Å². The molecular formula is C31H27IN2O6. The van der Waals surface area contributed by atoms with Crippen LogP contribution in [0.3, 0.4) is 0 Å². The minimum absolute atomic E-state index is 0.270. The summed E-state index contributed by atoms with van der Waals surface area (Å²) in [6.45, 7) is 2.15. The Kier molecular flexibility index (Phi) is 9.52. The first-order valence-electron chi connectivity index (χ1n) is 12.4. The number of aliphatic hydroxyl groups is 1. The molecule has 204 valence electrons. The monoisotopic (exact) mass is 650 g/mol. The van der Waals surface area contributed by atoms with Gasteiger partial charge in [-0.05, 0) is 82.6 Å². The van der Waals surface area contributed by atoms with E-state index in [2.05, 4.69) is 10.5 Å². The summed E-state index contributed by atoms with van der Waals surface area (Å²) in [7, 11) is 1.55. The molecule has 4 aromatic rings. The van der Waals surface area contributed by atoms with Crippen LogP contribution in [-0.2, 0) is 10.4 Å². The normalized spacial score (nSPS) is 11.2. The zero-order valence-electron chi connectivity index (χ0n) is 21.8. The molecule has 2 N–H and O–H groups in total. The second kappa shape index (κ2) is 13.2. The minimum atomic E-state index is -1.95. The van der Waals surface area contributed by atoms with Crippen LogP contribution < -0.4 is 19.6 Å². The molecule has 0 aliphatic carbocycles. The van der Waals surface area contributed by atoms with E-state index >= 15 is 0 Å². The summed E-state index contributed by atoms with van der Waals surface area (Å²) in [5.41, 5.74) is 2.26. The largest absolute Gasteiger partial charge is 0.497 e. The third kappa shape index (κ3) is 6.49. The summed E-state index contributed by atoms with van der Waals surface area (Å²) >= 11 is 2.04. The quantitative estimate of drug-likeness (QED) is 0.0794. The molecule has 9 heteroatoms. The standard InChI is InChI=1S/C31H27IN2O6/c1-3-39-27-19-21(18-26(32)28(27)40-29(35)22-14-16-25(38-2)17-15-22)20-33-34-30(36)31(37,23-10-6-4-7-11-23)24-12-8-5-9-13-24/h4-20,37H,3H2,1-2H3,(H,34,36)/b33-20-. The second-order valence-corrected chi connectivity index (χ2v) is 9.68. The number of halogens is 1. The molecule has 4 rings (SSSR count). The first-order chi connectivity index (χ1) is 19.4. The molecule has 0 saturated heterocycles. The van der Waals surface area contributed by atoms with E-state index in [-0.39, 0.29) is 5.75 Å². The Hall–Kier alpha value is -4.22. The van der Waals surface area contributed by atoms with Crippen LogP contribution in [0.4, 0.5) is 0 Å². The Morgan fingerprint density at radius 1 is 0.950 bits per heavy atom. The number of nitrogens with one attached hydrogen (secondary N) is 1. The third-order valence-corrected chi connectivity index (χ3v) is 6.74. The van der Waals surface area contributed by atoms with Gasteiger partial charge in [-0.25, -0.2) is 10.2 Å². The number of benzene rings is 4. The number of carbonyl (C=O) groups is 2. The summed E-state index contributed by atoms with van der Waals surface area (Å²) in [6, 6.07) is 27.3. The highest BCUT2D eigenvalue weighted by Gasteiger charge is 2.39. The molecule has 40 heavy (non-hydrogen) atoms. The summed E-state index contributed by atoms with van der Waals surface area (Å²) in [5.74, 6) is -0.0221. The number of hydrogen-bond donors (Lipinski definition) is 2. The van der Waals surface area contributed by atoms with Crippen molar-refractivity contribution >= 4 is 40.7 Å². The predicted molar refractivity (Wildman–Crippen MR) is 160 cm³/mol. The maximum atomic E-state index is 13.3. The van der Waals surface area contributed by atoms with Crippen LogP contribution in [0.5, 0.6) is 17.2 Å². The second-order valence-electron chi connectivity index (χ2n) is 8.52. The maximum Gasteiger partial charge on any atom is 0.343 e. The lowest BCUT2D eigenvalue weighted by molar-refractivity contribution is -0.136. The Balaban J connectivity index is 1.55. The number of methoxy groups -OCH3 is 1. The first kappa shape index (κ1) is 28.8. The molecule has 8 nitrogen and oxygen atoms in total. The van der Waals surface area contributed by atoms with E-state index in [0.29, 0.717) is 43.9 Å². The van der Waals surface area contributed by atoms with E-state index in [4.69, 9.17) is 14.2 Å². The van der Waals surface area contributed by atoms with Crippen molar-refractivity contribution in [2.24, 2.45) is 5.10 Å². The van der Waals surface area contributed by atoms with Crippen LogP contribution in [-0.4, -0.2) is 36.9 Å². The van der Waals surface area contributed by atoms with Gasteiger partial charge in [0.05, 0.1) is 29.1 Å². The summed E-state index contributed by atoms with van der Waals surface area (Å²) < 4.78 is 17.1. The van der Waals surface area contributed by atoms with E-state index in [0.717, 1.165) is 0 Å². The topological polar surface area (TPSA) is 106 Å². The van der Waals surface area contributed by atoms with Crippen molar-refractivity contribution in [2.75, 3.05) is 13.7 Å². The van der Waals surface area contributed by atoms with Crippen LogP contribution in [0.1, 0.15) is 34.0 Å². The molecule has 0 saturated carbocycles. The lowest BCUT2D eigenvalue weighted by Gasteiger charge is -2.27. The fourth-order valence-corrected chi connectivity index (χ4v) is 4.67. The molecule has 0 aromatic heterocycles. The van der Waals surface area contributed by atoms with Gasteiger partial charge < -0.3 is 19.3 Å². The number of amides is 1. The van der Waals surface area contributed by atoms with Gasteiger partial charge in [-0.3, -0.25) is 4.79 Å². The predicted octanol–water partition coefficient (Wildman–Crippen LogP) is 5.30. The van der Waals surface area contributed by atoms with Gasteiger partial charge in [0.15, 0.2) is 17.1 Å². The maximum absolute atomic E-state index is 13.3. The van der Waals surface area contributed by atoms with Gasteiger partial charge in [-0.2, -0.15) is 5.10 Å². The van der Waals surface area contributed by atoms with Crippen LogP contribution >= 0.6 is 22.6 Å². The average molecular weight is 650 g/mol. The van der Waals surface area contributed by atoms with Crippen molar-refractivity contribution in [3.8, 4) is 17.2 Å². The first-order valence-corrected chi connectivity index (χ1v) is 13.4. The van der Waals surface area contributed by atoms with Crippen molar-refractivity contribution in [1.29, 1.82) is 0 Å². The van der Waals surface area contributed by atoms with Crippen LogP contribution in [0, 0.1) is 3.57 Å². The fraction of sp³-hybridized carbons (Fsp3) is 0.129. The average Bonchev–Trinajstić information content (AvgIpc) is 2.99. The molecule has 0 aliphatic rings. The SMILES string of the molecule is CCOc1cc(/C=N\NC(=O)C(O)(c2ccccc2)c2ccccc2)cc(I)c1OC(=O)c1ccc(OC)cc1. The van der Waals surface area contributed by atoms with E-state index in [1.807, 2.05) is 29.5 Å². The van der Waals surface area contributed by atoms with Crippen molar-refractivity contribution in [3.05, 3.63) is 123 Å². The summed E-state index contributed by atoms with van der Waals surface area (Å²) in [5, 5.41) is 15.7. The molecule has 4 aromatic carbocycles. The highest BCUT2D eigenvalue weighted by Crippen LogP contribution is 2.35. The van der Waals surface area contributed by atoms with Gasteiger partial charge in [-0.1, -0.05) is 60.7 Å². The van der Waals surface area contributed by atoms with Gasteiger partial charge in [0.2, 0.25) is 0 Å². The Bertz CT molecular complexity index is 1450. The van der Waals surface area contributed by atoms with Gasteiger partial charge in [0.25, 0.3) is 5.91 Å². The highest BCUT2D eigenvalue weighted by atomic mass is 127. The molecule has 0 heterocycles. The van der Waals surface area contributed by atoms with E-state index in [9.17, 15) is 14.7 Å². The molecule has 1 amide bonds. The van der Waals surface area contributed by atoms with Gasteiger partial charge in [0, 0.05) is 0 Å². The zero-order chi connectivity index (χ0) is 28.5. The number of carbonyl (C=O) groups excluding carboxylic acids is 2. The van der Waals surface area contributed by atoms with E-state index < -0.39 is 17.5 Å². The zero-order valence-corrected chi connectivity index (χ0v) is 24.0. The van der Waals surface area contributed by atoms with E-state index in [1.54, 1.807) is 104 Å². The molecule has 0 bridgehead atoms. The Labute approximate surface area is 245 Å². The number of hydrazone groups is 1. The Morgan fingerprint density at radius 2 is 1.55 bits per heavy atom. The minimum Gasteiger partial charge on any atom is -0.497 e. The number of esters is 1. The number of nitrogens with zero attached hydrogens (tertiary/aromatic N) is 1. The molecular weight excluding hydrogens is 623 g/mol. The number of hydrogen-bond acceptors (Lipinski definition) is 7. The van der Waals surface area contributed by atoms with Gasteiger partial charge in [-0.15, -0.1) is 0 Å². The van der Waals surface area contributed by atoms with E-state index in [1.165, 1.54) is 6.21 Å². The summed E-state index contributed by atoms with van der Waals surface area (Å²) in [4.78, 5) is 26.0. The number of ether oxygens (including phenoxy) is 3.